The molecule has 2 heteroatoms. The van der Waals surface area contributed by atoms with Crippen LogP contribution >= 0.6 is 0 Å². The average molecular weight is 183 g/mol. The van der Waals surface area contributed by atoms with E-state index in [4.69, 9.17) is 0 Å². The molecule has 0 saturated heterocycles. The summed E-state index contributed by atoms with van der Waals surface area (Å²) in [5.74, 6) is 0.243. The van der Waals surface area contributed by atoms with E-state index in [9.17, 15) is 4.79 Å². The summed E-state index contributed by atoms with van der Waals surface area (Å²) in [6.07, 6.45) is 2.48. The van der Waals surface area contributed by atoms with Crippen LogP contribution in [0.15, 0.2) is 12.2 Å². The predicted octanol–water partition coefficient (Wildman–Crippen LogP) is 2.30. The normalized spacial score (nSPS) is 12.5. The Morgan fingerprint density at radius 3 is 2.54 bits per heavy atom. The van der Waals surface area contributed by atoms with Gasteiger partial charge in [-0.3, -0.25) is 4.79 Å². The van der Waals surface area contributed by atoms with Gasteiger partial charge in [-0.1, -0.05) is 26.0 Å². The topological polar surface area (TPSA) is 29.1 Å². The first-order valence-electron chi connectivity index (χ1n) is 5.01. The summed E-state index contributed by atoms with van der Waals surface area (Å²) < 4.78 is 0. The van der Waals surface area contributed by atoms with Crippen LogP contribution in [0.5, 0.6) is 0 Å². The molecule has 0 aliphatic carbocycles. The fourth-order valence-electron chi connectivity index (χ4n) is 0.899. The Morgan fingerprint density at radius 2 is 2.08 bits per heavy atom. The molecule has 0 aliphatic rings. The van der Waals surface area contributed by atoms with E-state index in [2.05, 4.69) is 25.7 Å². The summed E-state index contributed by atoms with van der Waals surface area (Å²) in [6, 6.07) is 0.429. The molecule has 0 rings (SSSR count). The van der Waals surface area contributed by atoms with Gasteiger partial charge in [0.05, 0.1) is 6.54 Å². The predicted molar refractivity (Wildman–Crippen MR) is 56.8 cm³/mol. The van der Waals surface area contributed by atoms with Gasteiger partial charge in [0.1, 0.15) is 0 Å². The molecular formula is C11H21NO. The van der Waals surface area contributed by atoms with Gasteiger partial charge in [0.2, 0.25) is 0 Å². The molecule has 2 nitrogen and oxygen atoms in total. The lowest BCUT2D eigenvalue weighted by molar-refractivity contribution is -0.117. The number of nitrogens with one attached hydrogen (secondary N) is 1. The largest absolute Gasteiger partial charge is 0.307 e. The van der Waals surface area contributed by atoms with Crippen LogP contribution in [0, 0.1) is 0 Å². The Hall–Kier alpha value is -0.630. The highest BCUT2D eigenvalue weighted by atomic mass is 16.1. The van der Waals surface area contributed by atoms with Crippen LogP contribution in [0.1, 0.15) is 40.0 Å². The van der Waals surface area contributed by atoms with Gasteiger partial charge >= 0.3 is 0 Å². The van der Waals surface area contributed by atoms with Crippen LogP contribution in [0.4, 0.5) is 0 Å². The number of rotatable bonds is 7. The first-order chi connectivity index (χ1) is 6.10. The second kappa shape index (κ2) is 6.84. The molecule has 0 aromatic heterocycles. The van der Waals surface area contributed by atoms with Crippen molar-refractivity contribution in [3.63, 3.8) is 0 Å². The second-order valence-corrected chi connectivity index (χ2v) is 3.51. The summed E-state index contributed by atoms with van der Waals surface area (Å²) >= 11 is 0. The van der Waals surface area contributed by atoms with Crippen LogP contribution in [-0.4, -0.2) is 18.4 Å². The minimum Gasteiger partial charge on any atom is -0.307 e. The summed E-state index contributed by atoms with van der Waals surface area (Å²) in [5, 5.41) is 3.17. The smallest absolute Gasteiger partial charge is 0.150 e. The number of carbonyl (C=O) groups is 1. The SMILES string of the molecule is C=C(CC)CC(=O)CNC(C)CC. The molecule has 0 radical (unpaired) electrons. The van der Waals surface area contributed by atoms with E-state index in [0.717, 1.165) is 18.4 Å². The van der Waals surface area contributed by atoms with E-state index < -0.39 is 0 Å². The zero-order valence-electron chi connectivity index (χ0n) is 9.02. The van der Waals surface area contributed by atoms with Gasteiger partial charge in [-0.15, -0.1) is 0 Å². The summed E-state index contributed by atoms with van der Waals surface area (Å²) in [7, 11) is 0. The highest BCUT2D eigenvalue weighted by Crippen LogP contribution is 2.02. The molecule has 1 atom stereocenters. The summed E-state index contributed by atoms with van der Waals surface area (Å²) in [4.78, 5) is 11.3. The first-order valence-corrected chi connectivity index (χ1v) is 5.01. The molecule has 0 spiro atoms. The lowest BCUT2D eigenvalue weighted by Gasteiger charge is -2.10. The number of hydrogen-bond donors (Lipinski definition) is 1. The van der Waals surface area contributed by atoms with Crippen molar-refractivity contribution in [1.29, 1.82) is 0 Å². The third kappa shape index (κ3) is 6.52. The van der Waals surface area contributed by atoms with E-state index in [-0.39, 0.29) is 5.78 Å². The second-order valence-electron chi connectivity index (χ2n) is 3.51. The molecule has 1 unspecified atom stereocenters. The van der Waals surface area contributed by atoms with E-state index >= 15 is 0 Å². The van der Waals surface area contributed by atoms with Crippen molar-refractivity contribution in [2.45, 2.75) is 46.1 Å². The molecule has 13 heavy (non-hydrogen) atoms. The van der Waals surface area contributed by atoms with Gasteiger partial charge < -0.3 is 5.32 Å². The van der Waals surface area contributed by atoms with Gasteiger partial charge in [-0.2, -0.15) is 0 Å². The van der Waals surface area contributed by atoms with Crippen LogP contribution in [0.25, 0.3) is 0 Å². The van der Waals surface area contributed by atoms with Crippen molar-refractivity contribution in [1.82, 2.24) is 5.32 Å². The molecule has 0 heterocycles. The lowest BCUT2D eigenvalue weighted by atomic mass is 10.1. The Kier molecular flexibility index (Phi) is 6.51. The highest BCUT2D eigenvalue weighted by molar-refractivity contribution is 5.82. The molecule has 0 aromatic rings. The maximum Gasteiger partial charge on any atom is 0.150 e. The Morgan fingerprint density at radius 1 is 1.46 bits per heavy atom. The zero-order valence-corrected chi connectivity index (χ0v) is 9.02. The third-order valence-electron chi connectivity index (χ3n) is 2.21. The minimum absolute atomic E-state index is 0.243. The molecule has 0 saturated carbocycles. The Balaban J connectivity index is 3.57. The molecule has 0 fully saturated rings. The highest BCUT2D eigenvalue weighted by Gasteiger charge is 2.04. The monoisotopic (exact) mass is 183 g/mol. The van der Waals surface area contributed by atoms with Crippen molar-refractivity contribution < 1.29 is 4.79 Å². The fraction of sp³-hybridized carbons (Fsp3) is 0.727. The first kappa shape index (κ1) is 12.4. The van der Waals surface area contributed by atoms with Crippen LogP contribution in [0.2, 0.25) is 0 Å². The number of allylic oxidation sites excluding steroid dienone is 1. The summed E-state index contributed by atoms with van der Waals surface area (Å²) in [5.41, 5.74) is 1.02. The maximum atomic E-state index is 11.3. The lowest BCUT2D eigenvalue weighted by Crippen LogP contribution is -2.30. The number of carbonyl (C=O) groups excluding carboxylic acids is 1. The standard InChI is InChI=1S/C11H21NO/c1-5-9(3)7-11(13)8-12-10(4)6-2/h10,12H,3,5-8H2,1-2,4H3. The fourth-order valence-corrected chi connectivity index (χ4v) is 0.899. The minimum atomic E-state index is 0.243. The molecule has 1 N–H and O–H groups in total. The van der Waals surface area contributed by atoms with Crippen molar-refractivity contribution in [2.24, 2.45) is 0 Å². The molecule has 76 valence electrons. The van der Waals surface area contributed by atoms with Crippen LogP contribution < -0.4 is 5.32 Å². The third-order valence-corrected chi connectivity index (χ3v) is 2.21. The van der Waals surface area contributed by atoms with Gasteiger partial charge in [-0.05, 0) is 19.8 Å². The van der Waals surface area contributed by atoms with E-state index in [0.29, 0.717) is 19.0 Å². The van der Waals surface area contributed by atoms with Crippen LogP contribution in [0.3, 0.4) is 0 Å². The van der Waals surface area contributed by atoms with Crippen LogP contribution in [-0.2, 0) is 4.79 Å². The quantitative estimate of drug-likeness (QED) is 0.614. The molecule has 0 aliphatic heterocycles. The molecule has 0 amide bonds. The zero-order chi connectivity index (χ0) is 10.3. The van der Waals surface area contributed by atoms with E-state index in [1.807, 2.05) is 6.92 Å². The van der Waals surface area contributed by atoms with Gasteiger partial charge in [0.25, 0.3) is 0 Å². The van der Waals surface area contributed by atoms with Crippen molar-refractivity contribution >= 4 is 5.78 Å². The van der Waals surface area contributed by atoms with Crippen molar-refractivity contribution in [3.8, 4) is 0 Å². The number of Topliss-reactive ketones (excluding diaryl/α,β-unsaturated/α-hetero) is 1. The molecular weight excluding hydrogens is 162 g/mol. The average Bonchev–Trinajstić information content (AvgIpc) is 2.13. The molecule has 0 bridgehead atoms. The van der Waals surface area contributed by atoms with Gasteiger partial charge in [0.15, 0.2) is 5.78 Å². The Labute approximate surface area is 81.4 Å². The molecule has 0 aromatic carbocycles. The maximum absolute atomic E-state index is 11.3. The van der Waals surface area contributed by atoms with Gasteiger partial charge in [-0.25, -0.2) is 0 Å². The van der Waals surface area contributed by atoms with E-state index in [1.54, 1.807) is 0 Å². The Bertz CT molecular complexity index is 175. The van der Waals surface area contributed by atoms with Crippen molar-refractivity contribution in [3.05, 3.63) is 12.2 Å². The van der Waals surface area contributed by atoms with Gasteiger partial charge in [0, 0.05) is 12.5 Å². The van der Waals surface area contributed by atoms with E-state index in [1.165, 1.54) is 0 Å². The summed E-state index contributed by atoms with van der Waals surface area (Å²) in [6.45, 7) is 10.5. The number of ketones is 1. The van der Waals surface area contributed by atoms with Crippen molar-refractivity contribution in [2.75, 3.05) is 6.54 Å². The number of hydrogen-bond acceptors (Lipinski definition) is 2.